The normalized spacial score (nSPS) is 10.6. The predicted octanol–water partition coefficient (Wildman–Crippen LogP) is 3.72. The molecule has 7 heteroatoms. The van der Waals surface area contributed by atoms with Crippen LogP contribution >= 0.6 is 0 Å². The molecule has 7 nitrogen and oxygen atoms in total. The third-order valence-electron chi connectivity index (χ3n) is 5.11. The van der Waals surface area contributed by atoms with Gasteiger partial charge in [0.2, 0.25) is 0 Å². The van der Waals surface area contributed by atoms with Crippen molar-refractivity contribution in [2.24, 2.45) is 0 Å². The predicted molar refractivity (Wildman–Crippen MR) is 118 cm³/mol. The number of ether oxygens (including phenoxy) is 2. The lowest BCUT2D eigenvalue weighted by Crippen LogP contribution is -2.19. The van der Waals surface area contributed by atoms with E-state index in [2.05, 4.69) is 4.98 Å². The highest BCUT2D eigenvalue weighted by Gasteiger charge is 2.30. The van der Waals surface area contributed by atoms with Gasteiger partial charge in [-0.05, 0) is 55.8 Å². The first-order valence-corrected chi connectivity index (χ1v) is 9.63. The van der Waals surface area contributed by atoms with Crippen molar-refractivity contribution in [3.05, 3.63) is 69.9 Å². The van der Waals surface area contributed by atoms with E-state index in [9.17, 15) is 14.4 Å². The van der Waals surface area contributed by atoms with Crippen molar-refractivity contribution in [1.29, 1.82) is 0 Å². The molecule has 0 amide bonds. The van der Waals surface area contributed by atoms with Crippen LogP contribution in [0.25, 0.3) is 10.9 Å². The van der Waals surface area contributed by atoms with Crippen molar-refractivity contribution >= 4 is 34.3 Å². The van der Waals surface area contributed by atoms with E-state index in [4.69, 9.17) is 9.47 Å². The highest BCUT2D eigenvalue weighted by atomic mass is 16.5. The molecule has 0 aliphatic carbocycles. The minimum Gasteiger partial charge on any atom is -0.465 e. The van der Waals surface area contributed by atoms with Crippen molar-refractivity contribution in [2.75, 3.05) is 33.2 Å². The molecule has 0 aliphatic heterocycles. The second kappa shape index (κ2) is 8.55. The zero-order valence-corrected chi connectivity index (χ0v) is 18.4. The third-order valence-corrected chi connectivity index (χ3v) is 5.11. The van der Waals surface area contributed by atoms with E-state index in [1.54, 1.807) is 31.2 Å². The lowest BCUT2D eigenvalue weighted by molar-refractivity contribution is 0.0554. The van der Waals surface area contributed by atoms with Gasteiger partial charge in [-0.25, -0.2) is 9.59 Å². The Hall–Kier alpha value is -3.74. The fourth-order valence-corrected chi connectivity index (χ4v) is 3.55. The molecule has 3 aromatic rings. The number of nitrogens with zero attached hydrogens (tertiary/aromatic N) is 2. The van der Waals surface area contributed by atoms with Crippen LogP contribution in [0, 0.1) is 13.8 Å². The Kier molecular flexibility index (Phi) is 6.06. The summed E-state index contributed by atoms with van der Waals surface area (Å²) in [5.41, 5.74) is 2.96. The van der Waals surface area contributed by atoms with Crippen molar-refractivity contribution in [2.45, 2.75) is 13.8 Å². The lowest BCUT2D eigenvalue weighted by atomic mass is 9.90. The Labute approximate surface area is 180 Å². The summed E-state index contributed by atoms with van der Waals surface area (Å²) in [5, 5.41) is 0.590. The summed E-state index contributed by atoms with van der Waals surface area (Å²) in [6, 6.07) is 10.3. The topological polar surface area (TPSA) is 85.8 Å². The second-order valence-electron chi connectivity index (χ2n) is 7.40. The zero-order chi connectivity index (χ0) is 22.9. The molecular weight excluding hydrogens is 396 g/mol. The summed E-state index contributed by atoms with van der Waals surface area (Å²) >= 11 is 0. The number of esters is 2. The molecule has 0 spiro atoms. The number of benzene rings is 2. The van der Waals surface area contributed by atoms with Crippen molar-refractivity contribution < 1.29 is 23.9 Å². The van der Waals surface area contributed by atoms with Gasteiger partial charge >= 0.3 is 11.9 Å². The quantitative estimate of drug-likeness (QED) is 0.459. The van der Waals surface area contributed by atoms with E-state index >= 15 is 0 Å². The number of aryl methyl sites for hydroxylation is 2. The van der Waals surface area contributed by atoms with Gasteiger partial charge in [0.05, 0.1) is 36.4 Å². The fourth-order valence-electron chi connectivity index (χ4n) is 3.55. The molecule has 0 aliphatic rings. The lowest BCUT2D eigenvalue weighted by Gasteiger charge is -2.17. The zero-order valence-electron chi connectivity index (χ0n) is 18.4. The second-order valence-corrected chi connectivity index (χ2v) is 7.40. The summed E-state index contributed by atoms with van der Waals surface area (Å²) in [5.74, 6) is -1.98. The molecule has 1 aromatic heterocycles. The van der Waals surface area contributed by atoms with Gasteiger partial charge in [-0.15, -0.1) is 0 Å². The van der Waals surface area contributed by atoms with Gasteiger partial charge < -0.3 is 14.4 Å². The Morgan fingerprint density at radius 1 is 0.871 bits per heavy atom. The van der Waals surface area contributed by atoms with E-state index in [0.717, 1.165) is 11.3 Å². The van der Waals surface area contributed by atoms with Gasteiger partial charge in [-0.1, -0.05) is 0 Å². The maximum Gasteiger partial charge on any atom is 0.339 e. The van der Waals surface area contributed by atoms with Crippen molar-refractivity contribution in [3.63, 3.8) is 0 Å². The molecule has 31 heavy (non-hydrogen) atoms. The van der Waals surface area contributed by atoms with E-state index in [1.807, 2.05) is 32.0 Å². The highest BCUT2D eigenvalue weighted by molar-refractivity contribution is 6.23. The number of pyridine rings is 1. The maximum atomic E-state index is 13.7. The number of hydrogen-bond acceptors (Lipinski definition) is 7. The van der Waals surface area contributed by atoms with Crippen molar-refractivity contribution in [1.82, 2.24) is 4.98 Å². The number of ketones is 1. The summed E-state index contributed by atoms with van der Waals surface area (Å²) in [6.45, 7) is 3.66. The van der Waals surface area contributed by atoms with Crippen LogP contribution in [-0.4, -0.2) is 51.0 Å². The molecule has 2 aromatic carbocycles. The summed E-state index contributed by atoms with van der Waals surface area (Å²) in [4.78, 5) is 45.4. The molecule has 1 heterocycles. The van der Waals surface area contributed by atoms with E-state index in [1.165, 1.54) is 20.3 Å². The molecule has 0 atom stereocenters. The molecule has 0 N–H and O–H groups in total. The van der Waals surface area contributed by atoms with Gasteiger partial charge in [-0.2, -0.15) is 0 Å². The Bertz CT molecular complexity index is 1200. The molecule has 0 saturated heterocycles. The number of anilines is 1. The Morgan fingerprint density at radius 3 is 2.03 bits per heavy atom. The fraction of sp³-hybridized carbons (Fsp3) is 0.250. The molecule has 0 fully saturated rings. The van der Waals surface area contributed by atoms with Crippen LogP contribution in [0.15, 0.2) is 36.4 Å². The first-order chi connectivity index (χ1) is 14.7. The van der Waals surface area contributed by atoms with Crippen molar-refractivity contribution in [3.8, 4) is 0 Å². The number of carbonyl (C=O) groups is 3. The molecule has 0 radical (unpaired) electrons. The highest BCUT2D eigenvalue weighted by Crippen LogP contribution is 2.31. The van der Waals surface area contributed by atoms with Crippen LogP contribution in [-0.2, 0) is 9.47 Å². The van der Waals surface area contributed by atoms with Gasteiger partial charge in [-0.3, -0.25) is 9.78 Å². The standard InChI is InChI=1S/C24H24N2O5/c1-13-11-14(2)25-21-17(13)12-18(23(28)30-5)19(24(29)31-6)20(21)22(27)15-7-9-16(10-8-15)26(3)4/h7-12H,1-6H3. The summed E-state index contributed by atoms with van der Waals surface area (Å²) < 4.78 is 9.81. The number of rotatable bonds is 5. The Balaban J connectivity index is 2.41. The van der Waals surface area contributed by atoms with Crippen LogP contribution in [0.5, 0.6) is 0 Å². The molecule has 0 unspecified atom stereocenters. The van der Waals surface area contributed by atoms with Crippen LogP contribution in [0.4, 0.5) is 5.69 Å². The first kappa shape index (κ1) is 22.0. The van der Waals surface area contributed by atoms with Crippen LogP contribution in [0.2, 0.25) is 0 Å². The van der Waals surface area contributed by atoms with Crippen LogP contribution < -0.4 is 4.90 Å². The monoisotopic (exact) mass is 420 g/mol. The average Bonchev–Trinajstić information content (AvgIpc) is 2.76. The Morgan fingerprint density at radius 2 is 1.48 bits per heavy atom. The average molecular weight is 420 g/mol. The first-order valence-electron chi connectivity index (χ1n) is 9.63. The minimum atomic E-state index is -0.809. The number of hydrogen-bond donors (Lipinski definition) is 0. The molecule has 160 valence electrons. The van der Waals surface area contributed by atoms with Crippen LogP contribution in [0.1, 0.15) is 47.9 Å². The van der Waals surface area contributed by atoms with E-state index in [-0.39, 0.29) is 16.7 Å². The van der Waals surface area contributed by atoms with E-state index < -0.39 is 17.7 Å². The minimum absolute atomic E-state index is 0.0224. The third kappa shape index (κ3) is 3.99. The maximum absolute atomic E-state index is 13.7. The largest absolute Gasteiger partial charge is 0.465 e. The van der Waals surface area contributed by atoms with Gasteiger partial charge in [0, 0.05) is 36.4 Å². The molecular formula is C24H24N2O5. The van der Waals surface area contributed by atoms with Gasteiger partial charge in [0.25, 0.3) is 0 Å². The number of carbonyl (C=O) groups excluding carboxylic acids is 3. The molecule has 0 saturated carbocycles. The number of fused-ring (bicyclic) bond motifs is 1. The summed E-state index contributed by atoms with van der Waals surface area (Å²) in [7, 11) is 6.21. The van der Waals surface area contributed by atoms with Crippen LogP contribution in [0.3, 0.4) is 0 Å². The van der Waals surface area contributed by atoms with E-state index in [0.29, 0.717) is 22.2 Å². The smallest absolute Gasteiger partial charge is 0.339 e. The number of methoxy groups -OCH3 is 2. The molecule has 3 rings (SSSR count). The SMILES string of the molecule is COC(=O)c1cc2c(C)cc(C)nc2c(C(=O)c2ccc(N(C)C)cc2)c1C(=O)OC. The summed E-state index contributed by atoms with van der Waals surface area (Å²) in [6.07, 6.45) is 0. The van der Waals surface area contributed by atoms with Gasteiger partial charge in [0.1, 0.15) is 0 Å². The van der Waals surface area contributed by atoms with Gasteiger partial charge in [0.15, 0.2) is 5.78 Å². The number of aromatic nitrogens is 1. The molecule has 0 bridgehead atoms.